The summed E-state index contributed by atoms with van der Waals surface area (Å²) in [6, 6.07) is 11.3. The Morgan fingerprint density at radius 1 is 1.21 bits per heavy atom. The lowest BCUT2D eigenvalue weighted by Gasteiger charge is -2.45. The molecule has 2 heteroatoms. The van der Waals surface area contributed by atoms with Crippen LogP contribution in [0.1, 0.15) is 50.7 Å². The summed E-state index contributed by atoms with van der Waals surface area (Å²) in [5.74, 6) is 0.649. The van der Waals surface area contributed by atoms with Gasteiger partial charge in [0, 0.05) is 0 Å². The fourth-order valence-corrected chi connectivity index (χ4v) is 2.88. The van der Waals surface area contributed by atoms with Crippen LogP contribution in [-0.4, -0.2) is 13.2 Å². The van der Waals surface area contributed by atoms with Gasteiger partial charge in [-0.2, -0.15) is 5.26 Å². The summed E-state index contributed by atoms with van der Waals surface area (Å²) in [5, 5.41) is 9.36. The maximum absolute atomic E-state index is 9.36. The minimum absolute atomic E-state index is 0.0516. The molecule has 0 aromatic heterocycles. The van der Waals surface area contributed by atoms with Crippen molar-refractivity contribution in [1.29, 1.82) is 5.26 Å². The zero-order chi connectivity index (χ0) is 13.9. The first-order valence-electron chi connectivity index (χ1n) is 7.25. The SMILES string of the molecule is CCC(C)c1ccc(C2(C(C#N)CC)COC2)cc1. The molecule has 0 saturated carbocycles. The van der Waals surface area contributed by atoms with Crippen LogP contribution in [0.3, 0.4) is 0 Å². The highest BCUT2D eigenvalue weighted by Gasteiger charge is 2.46. The largest absolute Gasteiger partial charge is 0.379 e. The summed E-state index contributed by atoms with van der Waals surface area (Å²) in [5.41, 5.74) is 2.57. The van der Waals surface area contributed by atoms with Crippen molar-refractivity contribution in [2.45, 2.75) is 44.9 Å². The molecule has 102 valence electrons. The molecule has 19 heavy (non-hydrogen) atoms. The van der Waals surface area contributed by atoms with E-state index in [4.69, 9.17) is 4.74 Å². The highest BCUT2D eigenvalue weighted by molar-refractivity contribution is 5.34. The van der Waals surface area contributed by atoms with E-state index in [0.29, 0.717) is 19.1 Å². The Balaban J connectivity index is 2.27. The lowest BCUT2D eigenvalue weighted by atomic mass is 9.68. The van der Waals surface area contributed by atoms with Gasteiger partial charge < -0.3 is 4.74 Å². The second-order valence-electron chi connectivity index (χ2n) is 5.67. The summed E-state index contributed by atoms with van der Waals surface area (Å²) >= 11 is 0. The first-order valence-corrected chi connectivity index (χ1v) is 7.25. The van der Waals surface area contributed by atoms with Gasteiger partial charge in [-0.05, 0) is 29.9 Å². The summed E-state index contributed by atoms with van der Waals surface area (Å²) in [7, 11) is 0. The van der Waals surface area contributed by atoms with E-state index in [9.17, 15) is 5.26 Å². The van der Waals surface area contributed by atoms with Crippen molar-refractivity contribution in [2.24, 2.45) is 5.92 Å². The van der Waals surface area contributed by atoms with Gasteiger partial charge >= 0.3 is 0 Å². The molecule has 2 atom stereocenters. The molecule has 2 unspecified atom stereocenters. The van der Waals surface area contributed by atoms with Crippen LogP contribution in [0.2, 0.25) is 0 Å². The molecule has 0 N–H and O–H groups in total. The fraction of sp³-hybridized carbons (Fsp3) is 0.588. The van der Waals surface area contributed by atoms with Crippen LogP contribution in [0.4, 0.5) is 0 Å². The number of nitriles is 1. The molecule has 0 amide bonds. The van der Waals surface area contributed by atoms with E-state index in [1.54, 1.807) is 0 Å². The smallest absolute Gasteiger partial charge is 0.0666 e. The number of hydrogen-bond donors (Lipinski definition) is 0. The number of rotatable bonds is 5. The van der Waals surface area contributed by atoms with Gasteiger partial charge in [-0.1, -0.05) is 45.0 Å². The number of nitrogens with zero attached hydrogens (tertiary/aromatic N) is 1. The average Bonchev–Trinajstić information content (AvgIpc) is 2.42. The van der Waals surface area contributed by atoms with Gasteiger partial charge in [-0.3, -0.25) is 0 Å². The van der Waals surface area contributed by atoms with Crippen molar-refractivity contribution in [2.75, 3.05) is 13.2 Å². The Morgan fingerprint density at radius 3 is 2.21 bits per heavy atom. The Hall–Kier alpha value is -1.33. The lowest BCUT2D eigenvalue weighted by Crippen LogP contribution is -2.51. The zero-order valence-corrected chi connectivity index (χ0v) is 12.1. The molecular weight excluding hydrogens is 234 g/mol. The van der Waals surface area contributed by atoms with E-state index >= 15 is 0 Å². The molecule has 0 bridgehead atoms. The fourth-order valence-electron chi connectivity index (χ4n) is 2.88. The Bertz CT molecular complexity index is 453. The highest BCUT2D eigenvalue weighted by atomic mass is 16.5. The Morgan fingerprint density at radius 2 is 1.84 bits per heavy atom. The van der Waals surface area contributed by atoms with Crippen LogP contribution in [0, 0.1) is 17.2 Å². The summed E-state index contributed by atoms with van der Waals surface area (Å²) in [6.45, 7) is 7.91. The first kappa shape index (κ1) is 14.1. The van der Waals surface area contributed by atoms with Crippen LogP contribution in [-0.2, 0) is 10.2 Å². The number of benzene rings is 1. The van der Waals surface area contributed by atoms with E-state index in [2.05, 4.69) is 51.1 Å². The minimum atomic E-state index is -0.0719. The zero-order valence-electron chi connectivity index (χ0n) is 12.1. The van der Waals surface area contributed by atoms with Gasteiger partial charge in [0.05, 0.1) is 30.6 Å². The number of hydrogen-bond acceptors (Lipinski definition) is 2. The van der Waals surface area contributed by atoms with Crippen LogP contribution in [0.5, 0.6) is 0 Å². The topological polar surface area (TPSA) is 33.0 Å². The molecule has 2 rings (SSSR count). The molecule has 2 nitrogen and oxygen atoms in total. The third-order valence-corrected chi connectivity index (χ3v) is 4.62. The molecule has 1 aliphatic heterocycles. The lowest BCUT2D eigenvalue weighted by molar-refractivity contribution is -0.0804. The second-order valence-corrected chi connectivity index (χ2v) is 5.67. The van der Waals surface area contributed by atoms with Crippen LogP contribution >= 0.6 is 0 Å². The van der Waals surface area contributed by atoms with Crippen molar-refractivity contribution >= 4 is 0 Å². The molecule has 1 saturated heterocycles. The third-order valence-electron chi connectivity index (χ3n) is 4.62. The van der Waals surface area contributed by atoms with E-state index in [-0.39, 0.29) is 11.3 Å². The van der Waals surface area contributed by atoms with E-state index in [1.165, 1.54) is 11.1 Å². The van der Waals surface area contributed by atoms with Crippen molar-refractivity contribution in [3.63, 3.8) is 0 Å². The Labute approximate surface area is 116 Å². The third kappa shape index (κ3) is 2.40. The van der Waals surface area contributed by atoms with Gasteiger partial charge in [-0.25, -0.2) is 0 Å². The molecular formula is C17H23NO. The predicted molar refractivity (Wildman–Crippen MR) is 77.0 cm³/mol. The standard InChI is InChI=1S/C17H23NO/c1-4-13(3)14-6-8-16(9-7-14)17(11-19-12-17)15(5-2)10-18/h6-9,13,15H,4-5,11-12H2,1-3H3. The van der Waals surface area contributed by atoms with E-state index in [0.717, 1.165) is 12.8 Å². The summed E-state index contributed by atoms with van der Waals surface area (Å²) in [4.78, 5) is 0. The average molecular weight is 257 g/mol. The van der Waals surface area contributed by atoms with Crippen molar-refractivity contribution < 1.29 is 4.74 Å². The maximum atomic E-state index is 9.36. The van der Waals surface area contributed by atoms with Crippen molar-refractivity contribution in [3.05, 3.63) is 35.4 Å². The molecule has 0 radical (unpaired) electrons. The highest BCUT2D eigenvalue weighted by Crippen LogP contribution is 2.41. The molecule has 1 aliphatic rings. The second kappa shape index (κ2) is 5.75. The first-order chi connectivity index (χ1) is 9.17. The van der Waals surface area contributed by atoms with E-state index < -0.39 is 0 Å². The quantitative estimate of drug-likeness (QED) is 0.798. The van der Waals surface area contributed by atoms with Gasteiger partial charge in [0.2, 0.25) is 0 Å². The van der Waals surface area contributed by atoms with Crippen molar-refractivity contribution in [1.82, 2.24) is 0 Å². The molecule has 1 aromatic rings. The normalized spacial score (nSPS) is 20.1. The van der Waals surface area contributed by atoms with Crippen LogP contribution in [0.25, 0.3) is 0 Å². The molecule has 1 aromatic carbocycles. The predicted octanol–water partition coefficient (Wildman–Crippen LogP) is 4.02. The molecule has 1 fully saturated rings. The van der Waals surface area contributed by atoms with Gasteiger partial charge in [-0.15, -0.1) is 0 Å². The molecule has 0 aliphatic carbocycles. The number of ether oxygens (including phenoxy) is 1. The van der Waals surface area contributed by atoms with Crippen molar-refractivity contribution in [3.8, 4) is 6.07 Å². The van der Waals surface area contributed by atoms with Gasteiger partial charge in [0.25, 0.3) is 0 Å². The maximum Gasteiger partial charge on any atom is 0.0666 e. The monoisotopic (exact) mass is 257 g/mol. The molecule has 1 heterocycles. The van der Waals surface area contributed by atoms with Gasteiger partial charge in [0.15, 0.2) is 0 Å². The van der Waals surface area contributed by atoms with Crippen LogP contribution in [0.15, 0.2) is 24.3 Å². The van der Waals surface area contributed by atoms with Gasteiger partial charge in [0.1, 0.15) is 0 Å². The minimum Gasteiger partial charge on any atom is -0.379 e. The Kier molecular flexibility index (Phi) is 4.27. The van der Waals surface area contributed by atoms with Crippen LogP contribution < -0.4 is 0 Å². The molecule has 0 spiro atoms. The summed E-state index contributed by atoms with van der Waals surface area (Å²) in [6.07, 6.45) is 2.04. The summed E-state index contributed by atoms with van der Waals surface area (Å²) < 4.78 is 5.43. The van der Waals surface area contributed by atoms with E-state index in [1.807, 2.05) is 0 Å².